The van der Waals surface area contributed by atoms with E-state index in [2.05, 4.69) is 32.2 Å². The second-order valence-corrected chi connectivity index (χ2v) is 2.60. The molecule has 1 radical (unpaired) electrons. The summed E-state index contributed by atoms with van der Waals surface area (Å²) in [6.45, 7) is 4.52. The van der Waals surface area contributed by atoms with Crippen LogP contribution < -0.4 is 5.32 Å². The Morgan fingerprint density at radius 3 is 3.15 bits per heavy atom. The van der Waals surface area contributed by atoms with E-state index in [1.807, 2.05) is 0 Å². The summed E-state index contributed by atoms with van der Waals surface area (Å²) >= 11 is 0. The zero-order valence-electron chi connectivity index (χ0n) is 7.12. The van der Waals surface area contributed by atoms with E-state index in [-0.39, 0.29) is 0 Å². The first-order chi connectivity index (χ1) is 6.42. The molecule has 0 aliphatic carbocycles. The monoisotopic (exact) mass is 176 g/mol. The summed E-state index contributed by atoms with van der Waals surface area (Å²) in [5, 5.41) is 3.13. The molecule has 2 N–H and O–H groups in total. The van der Waals surface area contributed by atoms with Gasteiger partial charge in [-0.3, -0.25) is 0 Å². The summed E-state index contributed by atoms with van der Waals surface area (Å²) < 4.78 is 0. The highest BCUT2D eigenvalue weighted by molar-refractivity contribution is 5.81. The van der Waals surface area contributed by atoms with Crippen LogP contribution >= 0.6 is 0 Å². The molecular formula is C8H10N5. The molecule has 2 aromatic rings. The van der Waals surface area contributed by atoms with Gasteiger partial charge in [0.05, 0.1) is 6.33 Å². The highest BCUT2D eigenvalue weighted by Crippen LogP contribution is 2.13. The first-order valence-corrected chi connectivity index (χ1v) is 4.09. The second kappa shape index (κ2) is 3.38. The number of imidazole rings is 1. The van der Waals surface area contributed by atoms with E-state index in [1.165, 1.54) is 6.33 Å². The predicted octanol–water partition coefficient (Wildman–Crippen LogP) is 0.989. The maximum Gasteiger partial charge on any atom is 0.162 e. The average molecular weight is 176 g/mol. The van der Waals surface area contributed by atoms with E-state index in [9.17, 15) is 0 Å². The van der Waals surface area contributed by atoms with Crippen molar-refractivity contribution in [2.24, 2.45) is 0 Å². The quantitative estimate of drug-likeness (QED) is 0.731. The number of hydrogen-bond donors (Lipinski definition) is 2. The highest BCUT2D eigenvalue weighted by atomic mass is 15.1. The summed E-state index contributed by atoms with van der Waals surface area (Å²) in [4.78, 5) is 15.1. The molecule has 0 fully saturated rings. The van der Waals surface area contributed by atoms with Gasteiger partial charge in [-0.25, -0.2) is 15.0 Å². The van der Waals surface area contributed by atoms with Crippen LogP contribution in [-0.2, 0) is 0 Å². The molecule has 0 bridgehead atoms. The molecule has 5 heteroatoms. The largest absolute Gasteiger partial charge is 0.368 e. The minimum atomic E-state index is 0.751. The lowest BCUT2D eigenvalue weighted by Crippen LogP contribution is -2.02. The Kier molecular flexibility index (Phi) is 2.08. The normalized spacial score (nSPS) is 10.5. The minimum Gasteiger partial charge on any atom is -0.368 e. The molecule has 0 aromatic carbocycles. The Hall–Kier alpha value is -1.65. The Bertz CT molecular complexity index is 394. The number of aromatic nitrogens is 4. The van der Waals surface area contributed by atoms with Crippen molar-refractivity contribution < 1.29 is 0 Å². The van der Waals surface area contributed by atoms with Crippen LogP contribution in [0.25, 0.3) is 11.2 Å². The van der Waals surface area contributed by atoms with Gasteiger partial charge in [0, 0.05) is 6.54 Å². The molecule has 2 aromatic heterocycles. The van der Waals surface area contributed by atoms with Crippen molar-refractivity contribution in [3.8, 4) is 0 Å². The van der Waals surface area contributed by atoms with Gasteiger partial charge in [0.2, 0.25) is 0 Å². The van der Waals surface area contributed by atoms with Gasteiger partial charge in [0.1, 0.15) is 11.8 Å². The lowest BCUT2D eigenvalue weighted by molar-refractivity contribution is 1.04. The van der Waals surface area contributed by atoms with Crippen LogP contribution in [-0.4, -0.2) is 26.5 Å². The molecule has 0 unspecified atom stereocenters. The maximum absolute atomic E-state index is 4.11. The van der Waals surface area contributed by atoms with Crippen LogP contribution in [0.2, 0.25) is 0 Å². The number of aromatic amines is 1. The Morgan fingerprint density at radius 1 is 1.38 bits per heavy atom. The molecule has 5 nitrogen and oxygen atoms in total. The highest BCUT2D eigenvalue weighted by Gasteiger charge is 2.03. The number of anilines is 1. The molecule has 0 aliphatic heterocycles. The molecule has 13 heavy (non-hydrogen) atoms. The van der Waals surface area contributed by atoms with Crippen LogP contribution in [0.5, 0.6) is 0 Å². The van der Waals surface area contributed by atoms with Gasteiger partial charge in [0.15, 0.2) is 11.5 Å². The van der Waals surface area contributed by atoms with E-state index in [0.29, 0.717) is 0 Å². The van der Waals surface area contributed by atoms with Crippen LogP contribution in [0, 0.1) is 6.92 Å². The molecule has 2 heterocycles. The SMILES string of the molecule is [CH2]CCNc1ncnc2[nH]cnc12. The summed E-state index contributed by atoms with van der Waals surface area (Å²) in [6.07, 6.45) is 3.93. The predicted molar refractivity (Wildman–Crippen MR) is 50.1 cm³/mol. The van der Waals surface area contributed by atoms with Crippen molar-refractivity contribution in [3.63, 3.8) is 0 Å². The molecule has 2 rings (SSSR count). The third-order valence-corrected chi connectivity index (χ3v) is 1.69. The third-order valence-electron chi connectivity index (χ3n) is 1.69. The fourth-order valence-electron chi connectivity index (χ4n) is 1.10. The van der Waals surface area contributed by atoms with Crippen LogP contribution in [0.15, 0.2) is 12.7 Å². The minimum absolute atomic E-state index is 0.751. The number of nitrogens with zero attached hydrogens (tertiary/aromatic N) is 3. The van der Waals surface area contributed by atoms with Gasteiger partial charge in [-0.1, -0.05) is 6.92 Å². The first kappa shape index (κ1) is 7.97. The first-order valence-electron chi connectivity index (χ1n) is 4.09. The molecule has 0 atom stereocenters. The summed E-state index contributed by atoms with van der Waals surface area (Å²) in [5.74, 6) is 0.759. The van der Waals surface area contributed by atoms with E-state index in [4.69, 9.17) is 0 Å². The van der Waals surface area contributed by atoms with Crippen molar-refractivity contribution in [2.75, 3.05) is 11.9 Å². The van der Waals surface area contributed by atoms with E-state index < -0.39 is 0 Å². The fourth-order valence-corrected chi connectivity index (χ4v) is 1.10. The zero-order valence-corrected chi connectivity index (χ0v) is 7.12. The van der Waals surface area contributed by atoms with Crippen molar-refractivity contribution in [2.45, 2.75) is 6.42 Å². The van der Waals surface area contributed by atoms with Crippen LogP contribution in [0.1, 0.15) is 6.42 Å². The standard InChI is InChI=1S/C8H10N5/c1-2-3-9-7-6-8(11-4-10-6)13-5-12-7/h4-5H,1-3H2,(H2,9,10,11,12,13). The molecule has 0 spiro atoms. The van der Waals surface area contributed by atoms with Gasteiger partial charge in [-0.15, -0.1) is 0 Å². The number of fused-ring (bicyclic) bond motifs is 1. The Balaban J connectivity index is 2.37. The Labute approximate surface area is 75.6 Å². The lowest BCUT2D eigenvalue weighted by Gasteiger charge is -2.02. The smallest absolute Gasteiger partial charge is 0.162 e. The number of H-pyrrole nitrogens is 1. The number of nitrogens with one attached hydrogen (secondary N) is 2. The molecule has 0 aliphatic rings. The van der Waals surface area contributed by atoms with Crippen LogP contribution in [0.4, 0.5) is 5.82 Å². The van der Waals surface area contributed by atoms with Gasteiger partial charge in [-0.2, -0.15) is 0 Å². The molecule has 67 valence electrons. The second-order valence-electron chi connectivity index (χ2n) is 2.60. The van der Waals surface area contributed by atoms with E-state index in [1.54, 1.807) is 6.33 Å². The van der Waals surface area contributed by atoms with Gasteiger partial charge >= 0.3 is 0 Å². The van der Waals surface area contributed by atoms with Gasteiger partial charge in [0.25, 0.3) is 0 Å². The Morgan fingerprint density at radius 2 is 2.31 bits per heavy atom. The fraction of sp³-hybridized carbons (Fsp3) is 0.250. The zero-order chi connectivity index (χ0) is 9.10. The van der Waals surface area contributed by atoms with Crippen molar-refractivity contribution >= 4 is 17.0 Å². The third kappa shape index (κ3) is 1.44. The molecule has 0 saturated carbocycles. The van der Waals surface area contributed by atoms with E-state index in [0.717, 1.165) is 29.9 Å². The van der Waals surface area contributed by atoms with Gasteiger partial charge < -0.3 is 10.3 Å². The van der Waals surface area contributed by atoms with E-state index >= 15 is 0 Å². The molecule has 0 saturated heterocycles. The van der Waals surface area contributed by atoms with Crippen molar-refractivity contribution in [1.82, 2.24) is 19.9 Å². The molecular weight excluding hydrogens is 166 g/mol. The molecule has 0 amide bonds. The summed E-state index contributed by atoms with van der Waals surface area (Å²) in [7, 11) is 0. The van der Waals surface area contributed by atoms with Crippen LogP contribution in [0.3, 0.4) is 0 Å². The maximum atomic E-state index is 4.11. The van der Waals surface area contributed by atoms with Gasteiger partial charge in [-0.05, 0) is 6.42 Å². The summed E-state index contributed by atoms with van der Waals surface area (Å²) in [6, 6.07) is 0. The number of hydrogen-bond acceptors (Lipinski definition) is 4. The number of rotatable bonds is 3. The topological polar surface area (TPSA) is 66.5 Å². The van der Waals surface area contributed by atoms with Crippen molar-refractivity contribution in [1.29, 1.82) is 0 Å². The van der Waals surface area contributed by atoms with Crippen molar-refractivity contribution in [3.05, 3.63) is 19.6 Å². The average Bonchev–Trinajstić information content (AvgIpc) is 2.62. The summed E-state index contributed by atoms with van der Waals surface area (Å²) in [5.41, 5.74) is 1.53. The lowest BCUT2D eigenvalue weighted by atomic mass is 10.4.